The monoisotopic (exact) mass is 258 g/mol. The molecule has 0 unspecified atom stereocenters. The molecule has 3 N–H and O–H groups in total. The summed E-state index contributed by atoms with van der Waals surface area (Å²) in [5, 5.41) is 13.8. The number of rotatable bonds is 9. The summed E-state index contributed by atoms with van der Waals surface area (Å²) in [7, 11) is 0. The molecule has 0 saturated heterocycles. The van der Waals surface area contributed by atoms with Gasteiger partial charge in [-0.1, -0.05) is 0 Å². The van der Waals surface area contributed by atoms with Crippen molar-refractivity contribution < 1.29 is 19.5 Å². The molecular weight excluding hydrogens is 236 g/mol. The van der Waals surface area contributed by atoms with E-state index in [1.54, 1.807) is 0 Å². The van der Waals surface area contributed by atoms with E-state index in [-0.39, 0.29) is 30.7 Å². The molecule has 18 heavy (non-hydrogen) atoms. The fraction of sp³-hybridized carbons (Fsp3) is 0.750. The fourth-order valence-electron chi connectivity index (χ4n) is 1.36. The maximum atomic E-state index is 11.3. The first-order chi connectivity index (χ1) is 8.41. The molecule has 0 aromatic rings. The first kappa shape index (κ1) is 16.4. The number of carbonyl (C=O) groups excluding carboxylic acids is 2. The molecule has 0 saturated carbocycles. The lowest BCUT2D eigenvalue weighted by Crippen LogP contribution is -2.34. The quantitative estimate of drug-likeness (QED) is 0.529. The van der Waals surface area contributed by atoms with Crippen LogP contribution in [0.3, 0.4) is 0 Å². The van der Waals surface area contributed by atoms with Gasteiger partial charge in [-0.15, -0.1) is 0 Å². The number of hydrogen-bond donors (Lipinski definition) is 3. The summed E-state index contributed by atoms with van der Waals surface area (Å²) >= 11 is 0. The lowest BCUT2D eigenvalue weighted by atomic mass is 10.2. The van der Waals surface area contributed by atoms with Gasteiger partial charge >= 0.3 is 5.97 Å². The van der Waals surface area contributed by atoms with Gasteiger partial charge < -0.3 is 15.7 Å². The normalized spacial score (nSPS) is 10.2. The third-order valence-corrected chi connectivity index (χ3v) is 2.17. The van der Waals surface area contributed by atoms with Crippen molar-refractivity contribution in [1.29, 1.82) is 0 Å². The van der Waals surface area contributed by atoms with Gasteiger partial charge in [-0.25, -0.2) is 0 Å². The highest BCUT2D eigenvalue weighted by Gasteiger charge is 2.05. The second kappa shape index (κ2) is 9.44. The molecule has 0 aliphatic heterocycles. The van der Waals surface area contributed by atoms with Gasteiger partial charge in [0, 0.05) is 31.8 Å². The standard InChI is InChI=1S/C12H22N2O4/c1-9(2)14-11(16)7-8-13-10(15)5-3-4-6-12(17)18/h9H,3-8H2,1-2H3,(H,13,15)(H,14,16)(H,17,18). The highest BCUT2D eigenvalue weighted by molar-refractivity contribution is 5.79. The molecule has 0 fully saturated rings. The number of carbonyl (C=O) groups is 3. The number of aliphatic carboxylic acids is 1. The molecule has 0 atom stereocenters. The lowest BCUT2D eigenvalue weighted by molar-refractivity contribution is -0.137. The molecule has 0 rings (SSSR count). The minimum absolute atomic E-state index is 0.0869. The average Bonchev–Trinajstić information content (AvgIpc) is 2.23. The molecule has 0 aromatic heterocycles. The van der Waals surface area contributed by atoms with Crippen LogP contribution in [0.5, 0.6) is 0 Å². The summed E-state index contributed by atoms with van der Waals surface area (Å²) < 4.78 is 0. The number of nitrogens with one attached hydrogen (secondary N) is 2. The van der Waals surface area contributed by atoms with E-state index in [1.807, 2.05) is 13.8 Å². The Kier molecular flexibility index (Phi) is 8.61. The van der Waals surface area contributed by atoms with Crippen LogP contribution in [0.25, 0.3) is 0 Å². The van der Waals surface area contributed by atoms with E-state index in [4.69, 9.17) is 5.11 Å². The van der Waals surface area contributed by atoms with Crippen molar-refractivity contribution in [1.82, 2.24) is 10.6 Å². The van der Waals surface area contributed by atoms with E-state index in [2.05, 4.69) is 10.6 Å². The lowest BCUT2D eigenvalue weighted by Gasteiger charge is -2.08. The van der Waals surface area contributed by atoms with Crippen LogP contribution in [0.4, 0.5) is 0 Å². The number of carboxylic acid groups (broad SMARTS) is 1. The van der Waals surface area contributed by atoms with Gasteiger partial charge in [0.05, 0.1) is 0 Å². The van der Waals surface area contributed by atoms with Gasteiger partial charge in [-0.05, 0) is 26.7 Å². The highest BCUT2D eigenvalue weighted by atomic mass is 16.4. The van der Waals surface area contributed by atoms with Crippen LogP contribution in [0.1, 0.15) is 46.0 Å². The zero-order valence-electron chi connectivity index (χ0n) is 11.0. The number of amides is 2. The predicted molar refractivity (Wildman–Crippen MR) is 67.0 cm³/mol. The topological polar surface area (TPSA) is 95.5 Å². The highest BCUT2D eigenvalue weighted by Crippen LogP contribution is 1.99. The van der Waals surface area contributed by atoms with Crippen LogP contribution in [-0.4, -0.2) is 35.5 Å². The minimum Gasteiger partial charge on any atom is -0.481 e. The zero-order chi connectivity index (χ0) is 14.0. The van der Waals surface area contributed by atoms with Gasteiger partial charge in [0.15, 0.2) is 0 Å². The van der Waals surface area contributed by atoms with Crippen molar-refractivity contribution in [2.45, 2.75) is 52.0 Å². The molecular formula is C12H22N2O4. The van der Waals surface area contributed by atoms with Crippen molar-refractivity contribution in [3.05, 3.63) is 0 Å². The van der Waals surface area contributed by atoms with Crippen molar-refractivity contribution in [3.63, 3.8) is 0 Å². The van der Waals surface area contributed by atoms with E-state index in [9.17, 15) is 14.4 Å². The molecule has 0 aromatic carbocycles. The third kappa shape index (κ3) is 10.9. The third-order valence-electron chi connectivity index (χ3n) is 2.17. The van der Waals surface area contributed by atoms with Crippen molar-refractivity contribution in [2.24, 2.45) is 0 Å². The molecule has 6 nitrogen and oxygen atoms in total. The summed E-state index contributed by atoms with van der Waals surface area (Å²) in [5.41, 5.74) is 0. The van der Waals surface area contributed by atoms with Crippen LogP contribution in [0.2, 0.25) is 0 Å². The Bertz CT molecular complexity index is 290. The Morgan fingerprint density at radius 2 is 1.61 bits per heavy atom. The van der Waals surface area contributed by atoms with Crippen LogP contribution in [0, 0.1) is 0 Å². The summed E-state index contributed by atoms with van der Waals surface area (Å²) in [6, 6.07) is 0.101. The first-order valence-electron chi connectivity index (χ1n) is 6.19. The second-order valence-electron chi connectivity index (χ2n) is 4.42. The Morgan fingerprint density at radius 3 is 2.17 bits per heavy atom. The first-order valence-corrected chi connectivity index (χ1v) is 6.19. The van der Waals surface area contributed by atoms with Gasteiger partial charge in [0.1, 0.15) is 0 Å². The molecule has 0 aliphatic rings. The Hall–Kier alpha value is -1.59. The summed E-state index contributed by atoms with van der Waals surface area (Å²) in [5.74, 6) is -1.07. The van der Waals surface area contributed by atoms with E-state index in [1.165, 1.54) is 0 Å². The number of hydrogen-bond acceptors (Lipinski definition) is 3. The Morgan fingerprint density at radius 1 is 1.00 bits per heavy atom. The van der Waals surface area contributed by atoms with E-state index in [0.717, 1.165) is 0 Å². The smallest absolute Gasteiger partial charge is 0.303 e. The molecule has 0 bridgehead atoms. The SMILES string of the molecule is CC(C)NC(=O)CCNC(=O)CCCCC(=O)O. The van der Waals surface area contributed by atoms with Crippen LogP contribution in [-0.2, 0) is 14.4 Å². The van der Waals surface area contributed by atoms with Crippen molar-refractivity contribution in [3.8, 4) is 0 Å². The Balaban J connectivity index is 3.47. The largest absolute Gasteiger partial charge is 0.481 e. The molecule has 0 spiro atoms. The van der Waals surface area contributed by atoms with Gasteiger partial charge in [0.2, 0.25) is 11.8 Å². The zero-order valence-corrected chi connectivity index (χ0v) is 11.0. The minimum atomic E-state index is -0.847. The fourth-order valence-corrected chi connectivity index (χ4v) is 1.36. The van der Waals surface area contributed by atoms with E-state index < -0.39 is 5.97 Å². The second-order valence-corrected chi connectivity index (χ2v) is 4.42. The van der Waals surface area contributed by atoms with Crippen LogP contribution in [0.15, 0.2) is 0 Å². The van der Waals surface area contributed by atoms with E-state index >= 15 is 0 Å². The van der Waals surface area contributed by atoms with Crippen molar-refractivity contribution >= 4 is 17.8 Å². The maximum Gasteiger partial charge on any atom is 0.303 e. The summed E-state index contributed by atoms with van der Waals surface area (Å²) in [6.45, 7) is 4.06. The molecule has 0 radical (unpaired) electrons. The molecule has 0 heterocycles. The summed E-state index contributed by atoms with van der Waals surface area (Å²) in [6.07, 6.45) is 1.70. The number of unbranched alkanes of at least 4 members (excludes halogenated alkanes) is 1. The van der Waals surface area contributed by atoms with Gasteiger partial charge in [-0.3, -0.25) is 14.4 Å². The van der Waals surface area contributed by atoms with Crippen molar-refractivity contribution in [2.75, 3.05) is 6.54 Å². The molecule has 104 valence electrons. The van der Waals surface area contributed by atoms with Crippen LogP contribution >= 0.6 is 0 Å². The Labute approximate surface area is 107 Å². The van der Waals surface area contributed by atoms with Gasteiger partial charge in [-0.2, -0.15) is 0 Å². The average molecular weight is 258 g/mol. The van der Waals surface area contributed by atoms with Gasteiger partial charge in [0.25, 0.3) is 0 Å². The van der Waals surface area contributed by atoms with E-state index in [0.29, 0.717) is 25.8 Å². The molecule has 6 heteroatoms. The number of carboxylic acids is 1. The molecule has 2 amide bonds. The maximum absolute atomic E-state index is 11.3. The molecule has 0 aliphatic carbocycles. The van der Waals surface area contributed by atoms with Crippen LogP contribution < -0.4 is 10.6 Å². The summed E-state index contributed by atoms with van der Waals surface area (Å²) in [4.78, 5) is 32.8. The predicted octanol–water partition coefficient (Wildman–Crippen LogP) is 0.662.